The lowest BCUT2D eigenvalue weighted by Gasteiger charge is -2.13. The number of rotatable bonds is 4. The first-order valence-electron chi connectivity index (χ1n) is 8.91. The van der Waals surface area contributed by atoms with Crippen LogP contribution in [-0.4, -0.2) is 30.3 Å². The first kappa shape index (κ1) is 17.8. The van der Waals surface area contributed by atoms with E-state index < -0.39 is 0 Å². The van der Waals surface area contributed by atoms with Gasteiger partial charge < -0.3 is 14.0 Å². The summed E-state index contributed by atoms with van der Waals surface area (Å²) in [5.74, 6) is 0.156. The number of halogens is 1. The maximum atomic E-state index is 12.8. The highest BCUT2D eigenvalue weighted by Gasteiger charge is 2.24. The molecule has 4 rings (SSSR count). The molecule has 1 amide bonds. The molecule has 7 heteroatoms. The predicted molar refractivity (Wildman–Crippen MR) is 101 cm³/mol. The van der Waals surface area contributed by atoms with Crippen LogP contribution in [0.1, 0.15) is 40.2 Å². The smallest absolute Gasteiger partial charge is 0.283 e. The summed E-state index contributed by atoms with van der Waals surface area (Å²) in [6.07, 6.45) is 5.65. The van der Waals surface area contributed by atoms with Gasteiger partial charge in [-0.2, -0.15) is 4.99 Å². The molecule has 2 heterocycles. The van der Waals surface area contributed by atoms with E-state index >= 15 is 0 Å². The summed E-state index contributed by atoms with van der Waals surface area (Å²) >= 11 is 7.68. The summed E-state index contributed by atoms with van der Waals surface area (Å²) in [6, 6.07) is 5.01. The van der Waals surface area contributed by atoms with Crippen molar-refractivity contribution in [1.29, 1.82) is 0 Å². The lowest BCUT2D eigenvalue weighted by atomic mass is 10.2. The summed E-state index contributed by atoms with van der Waals surface area (Å²) in [7, 11) is 1.54. The topological polar surface area (TPSA) is 52.8 Å². The zero-order valence-corrected chi connectivity index (χ0v) is 16.2. The molecule has 1 atom stereocenters. The quantitative estimate of drug-likeness (QED) is 0.798. The second-order valence-electron chi connectivity index (χ2n) is 6.62. The number of carbonyl (C=O) groups excluding carboxylic acids is 1. The molecule has 2 aliphatic rings. The zero-order valence-electron chi connectivity index (χ0n) is 14.7. The van der Waals surface area contributed by atoms with Crippen molar-refractivity contribution in [3.05, 3.63) is 44.2 Å². The van der Waals surface area contributed by atoms with Crippen molar-refractivity contribution in [2.24, 2.45) is 4.99 Å². The van der Waals surface area contributed by atoms with Crippen LogP contribution in [0.15, 0.2) is 23.2 Å². The largest absolute Gasteiger partial charge is 0.496 e. The van der Waals surface area contributed by atoms with Crippen molar-refractivity contribution in [1.82, 2.24) is 4.57 Å². The Labute approximate surface area is 161 Å². The lowest BCUT2D eigenvalue weighted by molar-refractivity contribution is 0.0944. The Hall–Kier alpha value is -1.63. The Bertz CT molecular complexity index is 897. The van der Waals surface area contributed by atoms with Crippen LogP contribution in [0.25, 0.3) is 0 Å². The fraction of sp³-hybridized carbons (Fsp3) is 0.474. The summed E-state index contributed by atoms with van der Waals surface area (Å²) in [6.45, 7) is 1.59. The average molecular weight is 393 g/mol. The predicted octanol–water partition coefficient (Wildman–Crippen LogP) is 3.62. The number of ether oxygens (including phenoxy) is 2. The maximum absolute atomic E-state index is 12.8. The van der Waals surface area contributed by atoms with E-state index in [2.05, 4.69) is 9.56 Å². The van der Waals surface area contributed by atoms with E-state index in [0.717, 1.165) is 43.6 Å². The molecule has 138 valence electrons. The second-order valence-corrected chi connectivity index (χ2v) is 8.11. The number of fused-ring (bicyclic) bond motifs is 1. The van der Waals surface area contributed by atoms with E-state index in [0.29, 0.717) is 16.3 Å². The van der Waals surface area contributed by atoms with Gasteiger partial charge in [-0.1, -0.05) is 11.6 Å². The van der Waals surface area contributed by atoms with Gasteiger partial charge in [0.1, 0.15) is 5.75 Å². The minimum absolute atomic E-state index is 0.212. The SMILES string of the molecule is COc1ccc(Cl)cc1C(=O)/N=c1\sc2c(n1CC1CCCO1)CCC2. The molecule has 0 radical (unpaired) electrons. The number of benzene rings is 1. The van der Waals surface area contributed by atoms with Crippen LogP contribution in [-0.2, 0) is 24.1 Å². The van der Waals surface area contributed by atoms with Crippen LogP contribution in [0.2, 0.25) is 5.02 Å². The third kappa shape index (κ3) is 3.46. The van der Waals surface area contributed by atoms with Gasteiger partial charge in [0.15, 0.2) is 4.80 Å². The second kappa shape index (κ2) is 7.55. The molecule has 5 nitrogen and oxygen atoms in total. The average Bonchev–Trinajstić information content (AvgIpc) is 3.35. The Morgan fingerprint density at radius 1 is 1.42 bits per heavy atom. The molecular formula is C19H21ClN2O3S. The maximum Gasteiger partial charge on any atom is 0.283 e. The van der Waals surface area contributed by atoms with E-state index in [9.17, 15) is 4.79 Å². The number of hydrogen-bond donors (Lipinski definition) is 0. The van der Waals surface area contributed by atoms with E-state index in [4.69, 9.17) is 21.1 Å². The molecule has 1 unspecified atom stereocenters. The van der Waals surface area contributed by atoms with Gasteiger partial charge in [0.25, 0.3) is 5.91 Å². The summed E-state index contributed by atoms with van der Waals surface area (Å²) < 4.78 is 13.3. The van der Waals surface area contributed by atoms with Crippen LogP contribution in [0.5, 0.6) is 5.75 Å². The first-order valence-corrected chi connectivity index (χ1v) is 10.1. The molecule has 0 spiro atoms. The van der Waals surface area contributed by atoms with E-state index in [1.807, 2.05) is 0 Å². The number of aryl methyl sites for hydroxylation is 1. The van der Waals surface area contributed by atoms with Crippen LogP contribution in [0.3, 0.4) is 0 Å². The van der Waals surface area contributed by atoms with Crippen molar-refractivity contribution in [3.8, 4) is 5.75 Å². The van der Waals surface area contributed by atoms with Gasteiger partial charge in [-0.3, -0.25) is 4.79 Å². The molecule has 2 aromatic rings. The first-order chi connectivity index (χ1) is 12.7. The van der Waals surface area contributed by atoms with E-state index in [-0.39, 0.29) is 12.0 Å². The lowest BCUT2D eigenvalue weighted by Crippen LogP contribution is -2.26. The normalized spacial score (nSPS) is 19.8. The van der Waals surface area contributed by atoms with Crippen LogP contribution in [0.4, 0.5) is 0 Å². The molecule has 1 aliphatic carbocycles. The monoisotopic (exact) mass is 392 g/mol. The van der Waals surface area contributed by atoms with Crippen LogP contribution < -0.4 is 9.54 Å². The third-order valence-electron chi connectivity index (χ3n) is 4.91. The molecule has 1 aromatic carbocycles. The zero-order chi connectivity index (χ0) is 18.1. The van der Waals surface area contributed by atoms with Crippen LogP contribution in [0, 0.1) is 0 Å². The Morgan fingerprint density at radius 2 is 2.31 bits per heavy atom. The molecule has 1 fully saturated rings. The Balaban J connectivity index is 1.73. The molecule has 26 heavy (non-hydrogen) atoms. The fourth-order valence-corrected chi connectivity index (χ4v) is 5.03. The molecule has 1 aliphatic heterocycles. The molecule has 1 aromatic heterocycles. The number of amides is 1. The van der Waals surface area contributed by atoms with Crippen molar-refractivity contribution in [2.45, 2.75) is 44.8 Å². The van der Waals surface area contributed by atoms with Gasteiger partial charge in [0, 0.05) is 22.2 Å². The Morgan fingerprint density at radius 3 is 3.08 bits per heavy atom. The number of nitrogens with zero attached hydrogens (tertiary/aromatic N) is 2. The van der Waals surface area contributed by atoms with Crippen LogP contribution >= 0.6 is 22.9 Å². The fourth-order valence-electron chi connectivity index (χ4n) is 3.63. The van der Waals surface area contributed by atoms with Gasteiger partial charge in [-0.05, 0) is 50.3 Å². The number of carbonyl (C=O) groups is 1. The number of methoxy groups -OCH3 is 1. The highest BCUT2D eigenvalue weighted by molar-refractivity contribution is 7.09. The van der Waals surface area contributed by atoms with Gasteiger partial charge in [-0.25, -0.2) is 0 Å². The van der Waals surface area contributed by atoms with Gasteiger partial charge in [0.05, 0.1) is 25.3 Å². The highest BCUT2D eigenvalue weighted by Crippen LogP contribution is 2.27. The third-order valence-corrected chi connectivity index (χ3v) is 6.33. The molecule has 1 saturated heterocycles. The molecule has 0 N–H and O–H groups in total. The van der Waals surface area contributed by atoms with Gasteiger partial charge >= 0.3 is 0 Å². The van der Waals surface area contributed by atoms with Gasteiger partial charge in [-0.15, -0.1) is 11.3 Å². The molecular weight excluding hydrogens is 372 g/mol. The number of thiazole rings is 1. The standard InChI is InChI=1S/C19H21ClN2O3S/c1-24-16-8-7-12(20)10-14(16)18(23)21-19-22(11-13-4-3-9-25-13)15-5-2-6-17(15)26-19/h7-8,10,13H,2-6,9,11H2,1H3/b21-19-. The van der Waals surface area contributed by atoms with Crippen molar-refractivity contribution in [3.63, 3.8) is 0 Å². The summed E-state index contributed by atoms with van der Waals surface area (Å²) in [4.78, 5) is 19.3. The minimum atomic E-state index is -0.328. The minimum Gasteiger partial charge on any atom is -0.496 e. The molecule has 0 saturated carbocycles. The van der Waals surface area contributed by atoms with Gasteiger partial charge in [0.2, 0.25) is 0 Å². The Kier molecular flexibility index (Phi) is 5.16. The summed E-state index contributed by atoms with van der Waals surface area (Å²) in [5.41, 5.74) is 1.70. The summed E-state index contributed by atoms with van der Waals surface area (Å²) in [5, 5.41) is 0.491. The number of hydrogen-bond acceptors (Lipinski definition) is 4. The van der Waals surface area contributed by atoms with Crippen molar-refractivity contribution in [2.75, 3.05) is 13.7 Å². The highest BCUT2D eigenvalue weighted by atomic mass is 35.5. The van der Waals surface area contributed by atoms with Crippen molar-refractivity contribution < 1.29 is 14.3 Å². The number of aromatic nitrogens is 1. The van der Waals surface area contributed by atoms with Crippen molar-refractivity contribution >= 4 is 28.8 Å². The molecule has 0 bridgehead atoms. The van der Waals surface area contributed by atoms with E-state index in [1.54, 1.807) is 29.5 Å². The van der Waals surface area contributed by atoms with E-state index in [1.165, 1.54) is 24.1 Å².